The molecular weight excluding hydrogens is 292 g/mol. The number of aryl methyl sites for hydroxylation is 1. The number of H-pyrrole nitrogens is 1. The largest absolute Gasteiger partial charge is 0.494 e. The van der Waals surface area contributed by atoms with Crippen LogP contribution in [0.25, 0.3) is 10.9 Å². The predicted molar refractivity (Wildman–Crippen MR) is 91.2 cm³/mol. The lowest BCUT2D eigenvalue weighted by Crippen LogP contribution is -2.37. The Morgan fingerprint density at radius 1 is 1.30 bits per heavy atom. The maximum atomic E-state index is 12.9. The summed E-state index contributed by atoms with van der Waals surface area (Å²) in [6, 6.07) is 5.69. The lowest BCUT2D eigenvalue weighted by atomic mass is 10.1. The van der Waals surface area contributed by atoms with Gasteiger partial charge in [-0.3, -0.25) is 9.69 Å². The van der Waals surface area contributed by atoms with Crippen LogP contribution in [-0.4, -0.2) is 42.8 Å². The van der Waals surface area contributed by atoms with E-state index in [1.54, 1.807) is 0 Å². The molecular formula is C18H24N2O3. The first-order chi connectivity index (χ1) is 11.2. The van der Waals surface area contributed by atoms with Crippen molar-refractivity contribution in [3.63, 3.8) is 0 Å². The highest BCUT2D eigenvalue weighted by molar-refractivity contribution is 5.81. The van der Waals surface area contributed by atoms with Gasteiger partial charge >= 0.3 is 0 Å². The molecule has 0 spiro atoms. The molecule has 23 heavy (non-hydrogen) atoms. The summed E-state index contributed by atoms with van der Waals surface area (Å²) in [6.07, 6.45) is 0.949. The summed E-state index contributed by atoms with van der Waals surface area (Å²) in [5, 5.41) is 0.701. The summed E-state index contributed by atoms with van der Waals surface area (Å²) in [6.45, 7) is 8.58. The van der Waals surface area contributed by atoms with Crippen molar-refractivity contribution in [2.45, 2.75) is 26.8 Å². The normalized spacial score (nSPS) is 15.9. The van der Waals surface area contributed by atoms with E-state index in [1.165, 1.54) is 0 Å². The van der Waals surface area contributed by atoms with Crippen LogP contribution in [0.1, 0.15) is 24.6 Å². The van der Waals surface area contributed by atoms with Crippen LogP contribution < -0.4 is 10.2 Å². The zero-order valence-corrected chi connectivity index (χ0v) is 13.9. The van der Waals surface area contributed by atoms with E-state index in [2.05, 4.69) is 16.8 Å². The van der Waals surface area contributed by atoms with Gasteiger partial charge < -0.3 is 14.5 Å². The van der Waals surface area contributed by atoms with Gasteiger partial charge in [0.1, 0.15) is 5.75 Å². The standard InChI is InChI=1S/C18H24N2O3/c1-3-8-23-14-4-5-17-15(11-14)18(21)16(13(2)19-17)12-20-6-9-22-10-7-20/h4-5,11H,3,6-10,12H2,1-2H3,(H,19,21). The first-order valence-corrected chi connectivity index (χ1v) is 8.27. The lowest BCUT2D eigenvalue weighted by molar-refractivity contribution is 0.0339. The number of aromatic nitrogens is 1. The summed E-state index contributed by atoms with van der Waals surface area (Å²) in [5.41, 5.74) is 2.75. The molecule has 1 fully saturated rings. The van der Waals surface area contributed by atoms with E-state index in [1.807, 2.05) is 25.1 Å². The zero-order chi connectivity index (χ0) is 16.2. The molecule has 0 amide bonds. The fraction of sp³-hybridized carbons (Fsp3) is 0.500. The van der Waals surface area contributed by atoms with Crippen LogP contribution in [0, 0.1) is 6.92 Å². The average molecular weight is 316 g/mol. The van der Waals surface area contributed by atoms with Crippen molar-refractivity contribution in [1.29, 1.82) is 0 Å². The van der Waals surface area contributed by atoms with Gasteiger partial charge in [0.05, 0.1) is 19.8 Å². The van der Waals surface area contributed by atoms with Crippen LogP contribution in [0.4, 0.5) is 0 Å². The molecule has 0 saturated carbocycles. The van der Waals surface area contributed by atoms with Crippen molar-refractivity contribution in [1.82, 2.24) is 9.88 Å². The van der Waals surface area contributed by atoms with Crippen LogP contribution in [0.2, 0.25) is 0 Å². The summed E-state index contributed by atoms with van der Waals surface area (Å²) >= 11 is 0. The van der Waals surface area contributed by atoms with Crippen molar-refractivity contribution < 1.29 is 9.47 Å². The number of aromatic amines is 1. The van der Waals surface area contributed by atoms with Crippen molar-refractivity contribution in [2.24, 2.45) is 0 Å². The van der Waals surface area contributed by atoms with E-state index in [4.69, 9.17) is 9.47 Å². The molecule has 0 aliphatic carbocycles. The van der Waals surface area contributed by atoms with Gasteiger partial charge in [0, 0.05) is 41.8 Å². The number of hydrogen-bond acceptors (Lipinski definition) is 4. The average Bonchev–Trinajstić information content (AvgIpc) is 2.58. The Bertz CT molecular complexity index is 733. The smallest absolute Gasteiger partial charge is 0.194 e. The Labute approximate surface area is 136 Å². The number of hydrogen-bond donors (Lipinski definition) is 1. The second-order valence-electron chi connectivity index (χ2n) is 6.00. The van der Waals surface area contributed by atoms with Crippen molar-refractivity contribution >= 4 is 10.9 Å². The fourth-order valence-corrected chi connectivity index (χ4v) is 2.91. The van der Waals surface area contributed by atoms with E-state index in [9.17, 15) is 4.79 Å². The fourth-order valence-electron chi connectivity index (χ4n) is 2.91. The second-order valence-corrected chi connectivity index (χ2v) is 6.00. The van der Waals surface area contributed by atoms with E-state index in [0.29, 0.717) is 18.5 Å². The topological polar surface area (TPSA) is 54.6 Å². The number of ether oxygens (including phenoxy) is 2. The number of benzene rings is 1. The lowest BCUT2D eigenvalue weighted by Gasteiger charge is -2.26. The minimum atomic E-state index is 0.102. The van der Waals surface area contributed by atoms with E-state index in [-0.39, 0.29) is 5.43 Å². The van der Waals surface area contributed by atoms with Gasteiger partial charge in [-0.15, -0.1) is 0 Å². The third-order valence-corrected chi connectivity index (χ3v) is 4.24. The van der Waals surface area contributed by atoms with Gasteiger partial charge in [-0.05, 0) is 31.5 Å². The molecule has 1 saturated heterocycles. The highest BCUT2D eigenvalue weighted by atomic mass is 16.5. The molecule has 124 valence electrons. The molecule has 3 rings (SSSR count). The molecule has 1 N–H and O–H groups in total. The Hall–Kier alpha value is -1.85. The summed E-state index contributed by atoms with van der Waals surface area (Å²) in [4.78, 5) is 18.5. The van der Waals surface area contributed by atoms with Gasteiger partial charge in [0.15, 0.2) is 5.43 Å². The molecule has 0 atom stereocenters. The molecule has 1 aromatic heterocycles. The molecule has 2 aromatic rings. The van der Waals surface area contributed by atoms with E-state index >= 15 is 0 Å². The van der Waals surface area contributed by atoms with Crippen molar-refractivity contribution in [3.8, 4) is 5.75 Å². The number of pyridine rings is 1. The molecule has 1 aliphatic heterocycles. The predicted octanol–water partition coefficient (Wildman–Crippen LogP) is 2.46. The van der Waals surface area contributed by atoms with Gasteiger partial charge in [0.2, 0.25) is 0 Å². The first-order valence-electron chi connectivity index (χ1n) is 8.27. The summed E-state index contributed by atoms with van der Waals surface area (Å²) in [5.74, 6) is 0.756. The van der Waals surface area contributed by atoms with Crippen LogP contribution in [0.15, 0.2) is 23.0 Å². The molecule has 1 aliphatic rings. The maximum Gasteiger partial charge on any atom is 0.194 e. The first kappa shape index (κ1) is 16.0. The number of morpholine rings is 1. The van der Waals surface area contributed by atoms with Gasteiger partial charge in [-0.1, -0.05) is 6.92 Å². The third kappa shape index (κ3) is 3.57. The Morgan fingerprint density at radius 2 is 2.09 bits per heavy atom. The number of rotatable bonds is 5. The quantitative estimate of drug-likeness (QED) is 0.920. The third-order valence-electron chi connectivity index (χ3n) is 4.24. The molecule has 0 bridgehead atoms. The molecule has 1 aromatic carbocycles. The van der Waals surface area contributed by atoms with Crippen molar-refractivity contribution in [2.75, 3.05) is 32.9 Å². The summed E-state index contributed by atoms with van der Waals surface area (Å²) < 4.78 is 11.0. The van der Waals surface area contributed by atoms with Crippen LogP contribution in [0.5, 0.6) is 5.75 Å². The minimum absolute atomic E-state index is 0.102. The molecule has 5 heteroatoms. The monoisotopic (exact) mass is 316 g/mol. The number of nitrogens with zero attached hydrogens (tertiary/aromatic N) is 1. The van der Waals surface area contributed by atoms with E-state index < -0.39 is 0 Å². The van der Waals surface area contributed by atoms with Crippen molar-refractivity contribution in [3.05, 3.63) is 39.7 Å². The molecule has 0 radical (unpaired) electrons. The number of nitrogens with one attached hydrogen (secondary N) is 1. The number of fused-ring (bicyclic) bond motifs is 1. The van der Waals surface area contributed by atoms with Crippen LogP contribution in [0.3, 0.4) is 0 Å². The SMILES string of the molecule is CCCOc1ccc2[nH]c(C)c(CN3CCOCC3)c(=O)c2c1. The second kappa shape index (κ2) is 7.15. The molecule has 2 heterocycles. The molecule has 0 unspecified atom stereocenters. The van der Waals surface area contributed by atoms with Gasteiger partial charge in [0.25, 0.3) is 0 Å². The highest BCUT2D eigenvalue weighted by Gasteiger charge is 2.16. The maximum absolute atomic E-state index is 12.9. The molecule has 5 nitrogen and oxygen atoms in total. The zero-order valence-electron chi connectivity index (χ0n) is 13.9. The summed E-state index contributed by atoms with van der Waals surface area (Å²) in [7, 11) is 0. The van der Waals surface area contributed by atoms with Crippen LogP contribution >= 0.6 is 0 Å². The highest BCUT2D eigenvalue weighted by Crippen LogP contribution is 2.19. The van der Waals surface area contributed by atoms with Gasteiger partial charge in [-0.2, -0.15) is 0 Å². The Kier molecular flexibility index (Phi) is 4.98. The Morgan fingerprint density at radius 3 is 2.83 bits per heavy atom. The van der Waals surface area contributed by atoms with Crippen LogP contribution in [-0.2, 0) is 11.3 Å². The minimum Gasteiger partial charge on any atom is -0.494 e. The van der Waals surface area contributed by atoms with Gasteiger partial charge in [-0.25, -0.2) is 0 Å². The Balaban J connectivity index is 1.95. The van der Waals surface area contributed by atoms with E-state index in [0.717, 1.165) is 55.2 Å².